The van der Waals surface area contributed by atoms with Crippen molar-refractivity contribution in [3.8, 4) is 11.5 Å². The molecule has 0 saturated carbocycles. The van der Waals surface area contributed by atoms with Crippen LogP contribution >= 0.6 is 0 Å². The first-order valence-electron chi connectivity index (χ1n) is 9.63. The largest absolute Gasteiger partial charge is 0.493 e. The number of rotatable bonds is 8. The van der Waals surface area contributed by atoms with Crippen LogP contribution in [0.4, 0.5) is 4.39 Å². The van der Waals surface area contributed by atoms with Gasteiger partial charge in [0.05, 0.1) is 14.2 Å². The molecule has 0 aromatic heterocycles. The third kappa shape index (κ3) is 4.57. The molecule has 1 atom stereocenters. The van der Waals surface area contributed by atoms with Crippen LogP contribution in [0.3, 0.4) is 0 Å². The Kier molecular flexibility index (Phi) is 6.94. The molecule has 1 amide bonds. The summed E-state index contributed by atoms with van der Waals surface area (Å²) < 4.78 is 51.4. The van der Waals surface area contributed by atoms with Crippen LogP contribution in [0, 0.1) is 5.82 Å². The van der Waals surface area contributed by atoms with Gasteiger partial charge in [0.2, 0.25) is 15.9 Å². The van der Waals surface area contributed by atoms with Crippen LogP contribution in [0.5, 0.6) is 11.5 Å². The van der Waals surface area contributed by atoms with Crippen LogP contribution in [0.25, 0.3) is 0 Å². The monoisotopic (exact) mass is 436 g/mol. The van der Waals surface area contributed by atoms with Gasteiger partial charge in [-0.15, -0.1) is 0 Å². The summed E-state index contributed by atoms with van der Waals surface area (Å²) in [6.45, 7) is 0.517. The number of carbonyl (C=O) groups excluding carboxylic acids is 1. The van der Waals surface area contributed by atoms with Crippen LogP contribution in [0.15, 0.2) is 47.4 Å². The number of ether oxygens (including phenoxy) is 2. The van der Waals surface area contributed by atoms with Gasteiger partial charge in [0, 0.05) is 13.1 Å². The van der Waals surface area contributed by atoms with Crippen molar-refractivity contribution in [2.75, 3.05) is 27.3 Å². The fraction of sp³-hybridized carbons (Fsp3) is 0.381. The van der Waals surface area contributed by atoms with Gasteiger partial charge in [-0.2, -0.15) is 4.31 Å². The molecule has 30 heavy (non-hydrogen) atoms. The second-order valence-corrected chi connectivity index (χ2v) is 8.79. The molecule has 9 heteroatoms. The number of amides is 1. The van der Waals surface area contributed by atoms with Gasteiger partial charge in [-0.25, -0.2) is 12.8 Å². The Labute approximate surface area is 175 Å². The lowest BCUT2D eigenvalue weighted by atomic mass is 10.1. The SMILES string of the molecule is COc1ccc(CCNC(=O)[C@H]2CCCN2S(=O)(=O)c2ccccc2F)cc1OC. The number of carbonyl (C=O) groups is 1. The van der Waals surface area contributed by atoms with Crippen molar-refractivity contribution < 1.29 is 27.1 Å². The molecule has 1 aliphatic rings. The van der Waals surface area contributed by atoms with Crippen molar-refractivity contribution >= 4 is 15.9 Å². The van der Waals surface area contributed by atoms with Crippen LogP contribution in [-0.4, -0.2) is 52.0 Å². The molecule has 0 aliphatic carbocycles. The molecule has 0 bridgehead atoms. The van der Waals surface area contributed by atoms with E-state index in [4.69, 9.17) is 9.47 Å². The summed E-state index contributed by atoms with van der Waals surface area (Å²) in [7, 11) is -0.985. The predicted molar refractivity (Wildman–Crippen MR) is 110 cm³/mol. The molecule has 0 unspecified atom stereocenters. The Morgan fingerprint density at radius 2 is 1.90 bits per heavy atom. The van der Waals surface area contributed by atoms with Crippen molar-refractivity contribution in [2.24, 2.45) is 0 Å². The topological polar surface area (TPSA) is 84.9 Å². The van der Waals surface area contributed by atoms with Crippen molar-refractivity contribution in [1.82, 2.24) is 9.62 Å². The van der Waals surface area contributed by atoms with E-state index in [0.717, 1.165) is 15.9 Å². The second kappa shape index (κ2) is 9.44. The quantitative estimate of drug-likeness (QED) is 0.687. The first kappa shape index (κ1) is 22.0. The molecule has 2 aromatic rings. The summed E-state index contributed by atoms with van der Waals surface area (Å²) >= 11 is 0. The second-order valence-electron chi connectivity index (χ2n) is 6.93. The fourth-order valence-electron chi connectivity index (χ4n) is 3.55. The summed E-state index contributed by atoms with van der Waals surface area (Å²) in [6.07, 6.45) is 1.48. The van der Waals surface area contributed by atoms with Crippen molar-refractivity contribution in [1.29, 1.82) is 0 Å². The predicted octanol–water partition coefficient (Wildman–Crippen LogP) is 2.35. The minimum Gasteiger partial charge on any atom is -0.493 e. The average Bonchev–Trinajstić information content (AvgIpc) is 3.25. The number of nitrogens with one attached hydrogen (secondary N) is 1. The third-order valence-corrected chi connectivity index (χ3v) is 7.03. The summed E-state index contributed by atoms with van der Waals surface area (Å²) in [5, 5.41) is 2.80. The maximum atomic E-state index is 14.0. The standard InChI is InChI=1S/C21H25FN2O5S/c1-28-18-10-9-15(14-19(18)29-2)11-12-23-21(25)17-7-5-13-24(17)30(26,27)20-8-4-3-6-16(20)22/h3-4,6,8-10,14,17H,5,7,11-13H2,1-2H3,(H,23,25)/t17-/m1/s1. The highest BCUT2D eigenvalue weighted by Gasteiger charge is 2.40. The minimum atomic E-state index is -4.09. The lowest BCUT2D eigenvalue weighted by Gasteiger charge is -2.23. The summed E-state index contributed by atoms with van der Waals surface area (Å²) in [5.74, 6) is 0.00871. The van der Waals surface area contributed by atoms with E-state index in [1.165, 1.54) is 18.2 Å². The molecule has 7 nitrogen and oxygen atoms in total. The molecule has 0 spiro atoms. The highest BCUT2D eigenvalue weighted by Crippen LogP contribution is 2.29. The van der Waals surface area contributed by atoms with E-state index in [2.05, 4.69) is 5.32 Å². The zero-order valence-corrected chi connectivity index (χ0v) is 17.7. The summed E-state index contributed by atoms with van der Waals surface area (Å²) in [4.78, 5) is 12.3. The first-order valence-corrected chi connectivity index (χ1v) is 11.1. The molecule has 1 aliphatic heterocycles. The highest BCUT2D eigenvalue weighted by molar-refractivity contribution is 7.89. The lowest BCUT2D eigenvalue weighted by molar-refractivity contribution is -0.124. The first-order chi connectivity index (χ1) is 14.4. The Bertz CT molecular complexity index is 1010. The molecule has 1 heterocycles. The van der Waals surface area contributed by atoms with E-state index in [0.29, 0.717) is 37.3 Å². The van der Waals surface area contributed by atoms with Gasteiger partial charge < -0.3 is 14.8 Å². The average molecular weight is 437 g/mol. The van der Waals surface area contributed by atoms with Gasteiger partial charge in [-0.3, -0.25) is 4.79 Å². The fourth-order valence-corrected chi connectivity index (χ4v) is 5.28. The third-order valence-electron chi connectivity index (χ3n) is 5.09. The van der Waals surface area contributed by atoms with E-state index in [1.54, 1.807) is 20.3 Å². The molecule has 1 saturated heterocycles. The Morgan fingerprint density at radius 3 is 2.60 bits per heavy atom. The van der Waals surface area contributed by atoms with Gasteiger partial charge in [-0.1, -0.05) is 18.2 Å². The van der Waals surface area contributed by atoms with Crippen molar-refractivity contribution in [3.63, 3.8) is 0 Å². The molecule has 2 aromatic carbocycles. The Morgan fingerprint density at radius 1 is 1.17 bits per heavy atom. The number of benzene rings is 2. The Balaban J connectivity index is 1.65. The number of hydrogen-bond donors (Lipinski definition) is 1. The normalized spacial score (nSPS) is 17.0. The highest BCUT2D eigenvalue weighted by atomic mass is 32.2. The zero-order valence-electron chi connectivity index (χ0n) is 16.9. The minimum absolute atomic E-state index is 0.185. The number of halogens is 1. The Hall–Kier alpha value is -2.65. The molecule has 0 radical (unpaired) electrons. The number of sulfonamides is 1. The molecule has 162 valence electrons. The van der Waals surface area contributed by atoms with Gasteiger partial charge >= 0.3 is 0 Å². The number of nitrogens with zero attached hydrogens (tertiary/aromatic N) is 1. The van der Waals surface area contributed by atoms with E-state index in [-0.39, 0.29) is 12.5 Å². The van der Waals surface area contributed by atoms with Gasteiger partial charge in [-0.05, 0) is 49.1 Å². The van der Waals surface area contributed by atoms with Crippen LogP contribution in [0.2, 0.25) is 0 Å². The number of hydrogen-bond acceptors (Lipinski definition) is 5. The maximum absolute atomic E-state index is 14.0. The zero-order chi connectivity index (χ0) is 21.7. The van der Waals surface area contributed by atoms with Crippen LogP contribution < -0.4 is 14.8 Å². The van der Waals surface area contributed by atoms with Crippen molar-refractivity contribution in [2.45, 2.75) is 30.2 Å². The molecular weight excluding hydrogens is 411 g/mol. The summed E-state index contributed by atoms with van der Waals surface area (Å²) in [5.41, 5.74) is 0.940. The molecule has 3 rings (SSSR count). The lowest BCUT2D eigenvalue weighted by Crippen LogP contribution is -2.46. The van der Waals surface area contributed by atoms with E-state index >= 15 is 0 Å². The molecule has 1 fully saturated rings. The number of methoxy groups -OCH3 is 2. The van der Waals surface area contributed by atoms with Gasteiger partial charge in [0.25, 0.3) is 0 Å². The van der Waals surface area contributed by atoms with E-state index < -0.39 is 26.8 Å². The smallest absolute Gasteiger partial charge is 0.246 e. The van der Waals surface area contributed by atoms with Crippen LogP contribution in [-0.2, 0) is 21.2 Å². The molecular formula is C21H25FN2O5S. The van der Waals surface area contributed by atoms with E-state index in [9.17, 15) is 17.6 Å². The maximum Gasteiger partial charge on any atom is 0.246 e. The van der Waals surface area contributed by atoms with Crippen LogP contribution in [0.1, 0.15) is 18.4 Å². The van der Waals surface area contributed by atoms with Gasteiger partial charge in [0.15, 0.2) is 11.5 Å². The van der Waals surface area contributed by atoms with Gasteiger partial charge in [0.1, 0.15) is 16.8 Å². The van der Waals surface area contributed by atoms with E-state index in [1.807, 2.05) is 12.1 Å². The van der Waals surface area contributed by atoms with Crippen molar-refractivity contribution in [3.05, 3.63) is 53.8 Å². The molecule has 1 N–H and O–H groups in total. The summed E-state index contributed by atoms with van der Waals surface area (Å²) in [6, 6.07) is 9.85.